The Labute approximate surface area is 357 Å². The molecule has 1 aliphatic carbocycles. The molecule has 2 nitrogen and oxygen atoms in total. The Hall–Kier alpha value is -7.68. The van der Waals surface area contributed by atoms with E-state index < -0.39 is 0 Å². The maximum atomic E-state index is 5.36. The van der Waals surface area contributed by atoms with Gasteiger partial charge in [0.1, 0.15) is 0 Å². The summed E-state index contributed by atoms with van der Waals surface area (Å²) in [5.41, 5.74) is 19.5. The number of nitrogens with zero attached hydrogens (tertiary/aromatic N) is 2. The fraction of sp³-hybridized carbons (Fsp3) is 0.0508. The highest BCUT2D eigenvalue weighted by Crippen LogP contribution is 2.54. The number of aromatic nitrogens is 2. The zero-order valence-electron chi connectivity index (χ0n) is 34.2. The first-order valence-electron chi connectivity index (χ1n) is 21.1. The summed E-state index contributed by atoms with van der Waals surface area (Å²) in [6.07, 6.45) is 0. The molecule has 11 rings (SSSR count). The first kappa shape index (κ1) is 36.4. The molecule has 0 spiro atoms. The molecule has 9 aromatic carbocycles. The largest absolute Gasteiger partial charge is 0.228 e. The van der Waals surface area contributed by atoms with Crippen molar-refractivity contribution in [1.29, 1.82) is 0 Å². The summed E-state index contributed by atoms with van der Waals surface area (Å²) in [7, 11) is 0. The van der Waals surface area contributed by atoms with Crippen molar-refractivity contribution >= 4 is 10.8 Å². The van der Waals surface area contributed by atoms with Crippen LogP contribution in [0.2, 0.25) is 0 Å². The van der Waals surface area contributed by atoms with E-state index in [4.69, 9.17) is 9.97 Å². The minimum Gasteiger partial charge on any atom is -0.228 e. The van der Waals surface area contributed by atoms with Crippen molar-refractivity contribution in [2.24, 2.45) is 0 Å². The van der Waals surface area contributed by atoms with E-state index in [-0.39, 0.29) is 5.41 Å². The number of benzene rings is 9. The van der Waals surface area contributed by atoms with Crippen LogP contribution in [-0.2, 0) is 5.41 Å². The molecule has 0 saturated carbocycles. The molecule has 0 bridgehead atoms. The lowest BCUT2D eigenvalue weighted by molar-refractivity contribution is 0.661. The third-order valence-electron chi connectivity index (χ3n) is 12.5. The zero-order valence-corrected chi connectivity index (χ0v) is 34.2. The molecule has 0 saturated heterocycles. The summed E-state index contributed by atoms with van der Waals surface area (Å²) in [5.74, 6) is 0.692. The van der Waals surface area contributed by atoms with Crippen LogP contribution in [0, 0.1) is 0 Å². The number of rotatable bonds is 7. The monoisotopic (exact) mass is 778 g/mol. The van der Waals surface area contributed by atoms with E-state index in [2.05, 4.69) is 226 Å². The van der Waals surface area contributed by atoms with Gasteiger partial charge in [-0.25, -0.2) is 9.97 Å². The van der Waals surface area contributed by atoms with Crippen molar-refractivity contribution in [2.45, 2.75) is 19.3 Å². The Morgan fingerprint density at radius 2 is 0.738 bits per heavy atom. The third-order valence-corrected chi connectivity index (χ3v) is 12.5. The van der Waals surface area contributed by atoms with Gasteiger partial charge in [-0.3, -0.25) is 0 Å². The van der Waals surface area contributed by atoms with E-state index in [1.54, 1.807) is 0 Å². The molecule has 2 heteroatoms. The first-order valence-corrected chi connectivity index (χ1v) is 21.1. The highest BCUT2D eigenvalue weighted by atomic mass is 14.9. The second-order valence-corrected chi connectivity index (χ2v) is 16.5. The van der Waals surface area contributed by atoms with E-state index in [1.165, 1.54) is 60.8 Å². The molecule has 0 N–H and O–H groups in total. The Bertz CT molecular complexity index is 3250. The lowest BCUT2D eigenvalue weighted by Crippen LogP contribution is -2.14. The molecular formula is C59H42N2. The molecule has 0 unspecified atom stereocenters. The zero-order chi connectivity index (χ0) is 40.9. The molecule has 1 aliphatic rings. The van der Waals surface area contributed by atoms with Crippen LogP contribution in [0.3, 0.4) is 0 Å². The predicted molar refractivity (Wildman–Crippen MR) is 255 cm³/mol. The van der Waals surface area contributed by atoms with Gasteiger partial charge in [0.2, 0.25) is 0 Å². The van der Waals surface area contributed by atoms with E-state index in [9.17, 15) is 0 Å². The molecule has 1 aromatic heterocycles. The molecule has 10 aromatic rings. The topological polar surface area (TPSA) is 25.8 Å². The van der Waals surface area contributed by atoms with Gasteiger partial charge in [0, 0.05) is 22.1 Å². The van der Waals surface area contributed by atoms with Gasteiger partial charge < -0.3 is 0 Å². The highest BCUT2D eigenvalue weighted by Gasteiger charge is 2.37. The summed E-state index contributed by atoms with van der Waals surface area (Å²) in [6, 6.07) is 78.5. The van der Waals surface area contributed by atoms with Crippen LogP contribution in [-0.4, -0.2) is 9.97 Å². The maximum Gasteiger partial charge on any atom is 0.160 e. The van der Waals surface area contributed by atoms with Gasteiger partial charge in [-0.2, -0.15) is 0 Å². The summed E-state index contributed by atoms with van der Waals surface area (Å²) in [5, 5.41) is 2.54. The average Bonchev–Trinajstić information content (AvgIpc) is 3.56. The van der Waals surface area contributed by atoms with Crippen LogP contribution in [0.15, 0.2) is 218 Å². The Morgan fingerprint density at radius 1 is 0.295 bits per heavy atom. The van der Waals surface area contributed by atoms with Gasteiger partial charge in [-0.1, -0.05) is 214 Å². The van der Waals surface area contributed by atoms with Gasteiger partial charge in [0.25, 0.3) is 0 Å². The summed E-state index contributed by atoms with van der Waals surface area (Å²) < 4.78 is 0. The van der Waals surface area contributed by atoms with Crippen molar-refractivity contribution in [1.82, 2.24) is 9.97 Å². The minimum absolute atomic E-state index is 0.136. The lowest BCUT2D eigenvalue weighted by atomic mass is 9.81. The molecule has 0 amide bonds. The predicted octanol–water partition coefficient (Wildman–Crippen LogP) is 15.6. The minimum atomic E-state index is -0.136. The molecule has 0 radical (unpaired) electrons. The number of hydrogen-bond acceptors (Lipinski definition) is 2. The fourth-order valence-electron chi connectivity index (χ4n) is 9.46. The molecular weight excluding hydrogens is 737 g/mol. The molecule has 0 atom stereocenters. The second-order valence-electron chi connectivity index (χ2n) is 16.5. The fourth-order valence-corrected chi connectivity index (χ4v) is 9.46. The summed E-state index contributed by atoms with van der Waals surface area (Å²) in [6.45, 7) is 4.73. The Kier molecular flexibility index (Phi) is 8.86. The number of hydrogen-bond donors (Lipinski definition) is 0. The smallest absolute Gasteiger partial charge is 0.160 e. The second kappa shape index (κ2) is 14.9. The Balaban J connectivity index is 1.08. The van der Waals surface area contributed by atoms with E-state index in [0.29, 0.717) is 5.82 Å². The molecule has 61 heavy (non-hydrogen) atoms. The van der Waals surface area contributed by atoms with Gasteiger partial charge in [0.05, 0.1) is 11.4 Å². The van der Waals surface area contributed by atoms with Gasteiger partial charge in [-0.15, -0.1) is 0 Å². The average molecular weight is 779 g/mol. The third kappa shape index (κ3) is 6.36. The molecule has 288 valence electrons. The van der Waals surface area contributed by atoms with Crippen molar-refractivity contribution in [3.63, 3.8) is 0 Å². The first-order chi connectivity index (χ1) is 30.0. The van der Waals surface area contributed by atoms with Crippen LogP contribution < -0.4 is 0 Å². The molecule has 0 aliphatic heterocycles. The van der Waals surface area contributed by atoms with Crippen LogP contribution in [0.1, 0.15) is 25.0 Å². The van der Waals surface area contributed by atoms with Gasteiger partial charge in [0.15, 0.2) is 5.82 Å². The van der Waals surface area contributed by atoms with Gasteiger partial charge in [-0.05, 0) is 95.7 Å². The van der Waals surface area contributed by atoms with Crippen molar-refractivity contribution < 1.29 is 0 Å². The maximum absolute atomic E-state index is 5.36. The molecule has 0 fully saturated rings. The van der Waals surface area contributed by atoms with Crippen LogP contribution >= 0.6 is 0 Å². The quantitative estimate of drug-likeness (QED) is 0.161. The van der Waals surface area contributed by atoms with E-state index in [0.717, 1.165) is 44.8 Å². The SMILES string of the molecule is CC1(C)c2cc3ccccc3cc2-c2c(-c3ccccc3-c3ccccc3-c3cc(-c4ccccc4-c4ccc(-c5ccccc5)cc4)nc(-c4ccccc4)n3)cccc21. The highest BCUT2D eigenvalue weighted by molar-refractivity contribution is 6.02. The van der Waals surface area contributed by atoms with Crippen molar-refractivity contribution in [2.75, 3.05) is 0 Å². The normalized spacial score (nSPS) is 12.6. The van der Waals surface area contributed by atoms with Crippen LogP contribution in [0.25, 0.3) is 100 Å². The summed E-state index contributed by atoms with van der Waals surface area (Å²) in [4.78, 5) is 10.7. The van der Waals surface area contributed by atoms with Crippen molar-refractivity contribution in [3.05, 3.63) is 230 Å². The standard InChI is InChI=1S/C59H42N2/c1-59(2)53-31-17-30-51(57(53)52-36-43-22-9-10-23-44(43)37-54(52)59)48-27-13-12-25-46(48)47-26-14-16-29-50(47)56-38-55(60-58(61-56)42-20-7-4-8-21-42)49-28-15-11-24-45(49)41-34-32-40(33-35-41)39-18-5-3-6-19-39/h3-38H,1-2H3. The van der Waals surface area contributed by atoms with Crippen LogP contribution in [0.4, 0.5) is 0 Å². The molecule has 1 heterocycles. The van der Waals surface area contributed by atoms with E-state index in [1.807, 2.05) is 6.07 Å². The van der Waals surface area contributed by atoms with Gasteiger partial charge >= 0.3 is 0 Å². The van der Waals surface area contributed by atoms with Crippen molar-refractivity contribution in [3.8, 4) is 89.5 Å². The van der Waals surface area contributed by atoms with Crippen LogP contribution in [0.5, 0.6) is 0 Å². The van der Waals surface area contributed by atoms with E-state index >= 15 is 0 Å². The lowest BCUT2D eigenvalue weighted by Gasteiger charge is -2.22. The Morgan fingerprint density at radius 3 is 1.38 bits per heavy atom. The summed E-state index contributed by atoms with van der Waals surface area (Å²) >= 11 is 0. The number of fused-ring (bicyclic) bond motifs is 4.